The summed E-state index contributed by atoms with van der Waals surface area (Å²) in [5, 5.41) is 11.2. The molecule has 0 aromatic heterocycles. The molecule has 20 heavy (non-hydrogen) atoms. The van der Waals surface area contributed by atoms with Crippen LogP contribution in [0.1, 0.15) is 23.6 Å². The van der Waals surface area contributed by atoms with Crippen LogP contribution in [0.5, 0.6) is 0 Å². The fourth-order valence-corrected chi connectivity index (χ4v) is 1.77. The van der Waals surface area contributed by atoms with Crippen LogP contribution in [0.3, 0.4) is 0 Å². The van der Waals surface area contributed by atoms with Crippen molar-refractivity contribution < 1.29 is 15.2 Å². The Balaban J connectivity index is 0.000000444. The Kier molecular flexibility index (Phi) is 6.47. The fourth-order valence-electron chi connectivity index (χ4n) is 1.77. The average Bonchev–Trinajstić information content (AvgIpc) is 2.39. The van der Waals surface area contributed by atoms with E-state index in [0.717, 1.165) is 13.5 Å². The van der Waals surface area contributed by atoms with Crippen LogP contribution < -0.4 is 10.4 Å². The number of hydrogen-bond acceptors (Lipinski definition) is 2. The third-order valence-electron chi connectivity index (χ3n) is 2.90. The second-order valence-electron chi connectivity index (χ2n) is 4.74. The molecule has 0 amide bonds. The summed E-state index contributed by atoms with van der Waals surface area (Å²) in [7, 11) is 0. The molecular weight excluding hydrogens is 250 g/mol. The molecule has 0 unspecified atom stereocenters. The molecule has 2 aromatic rings. The van der Waals surface area contributed by atoms with Gasteiger partial charge in [-0.15, -0.1) is 0 Å². The number of hydrogen-bond donors (Lipinski definition) is 1. The van der Waals surface area contributed by atoms with E-state index in [2.05, 4.69) is 67.7 Å². The van der Waals surface area contributed by atoms with Crippen LogP contribution in [0.25, 0.3) is 0 Å². The number of carboxylic acids is 1. The van der Waals surface area contributed by atoms with Crippen LogP contribution in [-0.4, -0.2) is 5.97 Å². The van der Waals surface area contributed by atoms with Gasteiger partial charge < -0.3 is 15.2 Å². The van der Waals surface area contributed by atoms with E-state index in [4.69, 9.17) is 9.90 Å². The standard InChI is InChI=1S/C15H17N.C2H4O2/c1-12-7-9-15(10-8-12)16-11-14-6-4-3-5-13(14)2;1-2(3)4/h3-10,16H,11H2,1-2H3;1H3,(H,3,4). The van der Waals surface area contributed by atoms with Gasteiger partial charge in [-0.1, -0.05) is 42.0 Å². The first-order valence-corrected chi connectivity index (χ1v) is 6.61. The van der Waals surface area contributed by atoms with E-state index >= 15 is 0 Å². The lowest BCUT2D eigenvalue weighted by atomic mass is 10.1. The highest BCUT2D eigenvalue weighted by atomic mass is 16.4. The molecule has 3 nitrogen and oxygen atoms in total. The minimum absolute atomic E-state index is 0.972. The molecule has 0 saturated heterocycles. The molecule has 0 atom stereocenters. The zero-order valence-electron chi connectivity index (χ0n) is 12.2. The first kappa shape index (κ1) is 15.9. The average molecular weight is 271 g/mol. The van der Waals surface area contributed by atoms with Gasteiger partial charge in [0.25, 0.3) is 0 Å². The number of carbonyl (C=O) groups excluding carboxylic acids is 1. The van der Waals surface area contributed by atoms with Crippen LogP contribution >= 0.6 is 0 Å². The Morgan fingerprint density at radius 3 is 2.15 bits per heavy atom. The largest absolute Gasteiger partial charge is 0.550 e. The van der Waals surface area contributed by atoms with Gasteiger partial charge in [-0.25, -0.2) is 0 Å². The van der Waals surface area contributed by atoms with Gasteiger partial charge in [0.1, 0.15) is 12.2 Å². The molecule has 2 rings (SSSR count). The highest BCUT2D eigenvalue weighted by Gasteiger charge is 2.00. The zero-order chi connectivity index (χ0) is 15.0. The van der Waals surface area contributed by atoms with Crippen molar-refractivity contribution >= 4 is 11.7 Å². The van der Waals surface area contributed by atoms with Crippen molar-refractivity contribution in [2.45, 2.75) is 27.3 Å². The summed E-state index contributed by atoms with van der Waals surface area (Å²) >= 11 is 0. The lowest BCUT2D eigenvalue weighted by Crippen LogP contribution is -2.76. The first-order chi connectivity index (χ1) is 9.49. The maximum absolute atomic E-state index is 8.89. The zero-order valence-corrected chi connectivity index (χ0v) is 12.2. The van der Waals surface area contributed by atoms with E-state index in [0.29, 0.717) is 0 Å². The number of aliphatic carboxylic acids is 1. The second-order valence-corrected chi connectivity index (χ2v) is 4.74. The molecule has 0 radical (unpaired) electrons. The minimum atomic E-state index is -1.08. The number of carboxylic acid groups (broad SMARTS) is 1. The molecule has 0 aliphatic rings. The van der Waals surface area contributed by atoms with E-state index in [-0.39, 0.29) is 0 Å². The van der Waals surface area contributed by atoms with Crippen LogP contribution in [-0.2, 0) is 11.3 Å². The Morgan fingerprint density at radius 2 is 1.60 bits per heavy atom. The molecule has 3 heteroatoms. The van der Waals surface area contributed by atoms with Crippen molar-refractivity contribution in [1.82, 2.24) is 0 Å². The highest BCUT2D eigenvalue weighted by Crippen LogP contribution is 2.06. The van der Waals surface area contributed by atoms with E-state index in [1.807, 2.05) is 0 Å². The van der Waals surface area contributed by atoms with Crippen molar-refractivity contribution in [2.24, 2.45) is 0 Å². The summed E-state index contributed by atoms with van der Waals surface area (Å²) in [6, 6.07) is 17.2. The number of carbonyl (C=O) groups is 1. The first-order valence-electron chi connectivity index (χ1n) is 6.61. The van der Waals surface area contributed by atoms with E-state index in [9.17, 15) is 0 Å². The molecule has 0 spiro atoms. The van der Waals surface area contributed by atoms with E-state index in [1.165, 1.54) is 22.4 Å². The van der Waals surface area contributed by atoms with Crippen LogP contribution in [0.2, 0.25) is 0 Å². The lowest BCUT2D eigenvalue weighted by molar-refractivity contribution is -0.588. The number of aryl methyl sites for hydroxylation is 2. The summed E-state index contributed by atoms with van der Waals surface area (Å²) in [4.78, 5) is 8.89. The minimum Gasteiger partial charge on any atom is -0.550 e. The topological polar surface area (TPSA) is 56.7 Å². The monoisotopic (exact) mass is 271 g/mol. The number of benzene rings is 2. The van der Waals surface area contributed by atoms with E-state index < -0.39 is 5.97 Å². The van der Waals surface area contributed by atoms with E-state index in [1.54, 1.807) is 0 Å². The Morgan fingerprint density at radius 1 is 1.05 bits per heavy atom. The molecule has 0 bridgehead atoms. The molecule has 0 saturated carbocycles. The molecule has 106 valence electrons. The van der Waals surface area contributed by atoms with Crippen molar-refractivity contribution in [3.8, 4) is 0 Å². The number of quaternary nitrogens is 1. The summed E-state index contributed by atoms with van der Waals surface area (Å²) in [5.41, 5.74) is 5.39. The molecular formula is C17H21NO2. The predicted octanol–water partition coefficient (Wildman–Crippen LogP) is 1.45. The molecule has 0 aliphatic carbocycles. The van der Waals surface area contributed by atoms with Crippen molar-refractivity contribution in [3.05, 3.63) is 65.2 Å². The summed E-state index contributed by atoms with van der Waals surface area (Å²) in [5.74, 6) is -1.08. The predicted molar refractivity (Wildman–Crippen MR) is 78.3 cm³/mol. The van der Waals surface area contributed by atoms with Crippen LogP contribution in [0.15, 0.2) is 48.5 Å². The summed E-state index contributed by atoms with van der Waals surface area (Å²) in [6.45, 7) is 6.26. The smallest absolute Gasteiger partial charge is 0.129 e. The van der Waals surface area contributed by atoms with Crippen molar-refractivity contribution in [1.29, 1.82) is 0 Å². The van der Waals surface area contributed by atoms with Gasteiger partial charge in [-0.05, 0) is 38.5 Å². The summed E-state index contributed by atoms with van der Waals surface area (Å²) in [6.07, 6.45) is 0. The van der Waals surface area contributed by atoms with Crippen molar-refractivity contribution in [3.63, 3.8) is 0 Å². The Bertz CT molecular complexity index is 543. The normalized spacial score (nSPS) is 9.55. The Hall–Kier alpha value is -2.13. The lowest BCUT2D eigenvalue weighted by Gasteiger charge is -2.04. The SMILES string of the molecule is CC(=O)[O-].Cc1ccc([NH2+]Cc2ccccc2C)cc1. The van der Waals surface area contributed by atoms with Gasteiger partial charge in [-0.3, -0.25) is 0 Å². The van der Waals surface area contributed by atoms with Gasteiger partial charge in [0.2, 0.25) is 0 Å². The van der Waals surface area contributed by atoms with Gasteiger partial charge >= 0.3 is 0 Å². The van der Waals surface area contributed by atoms with Crippen LogP contribution in [0.4, 0.5) is 5.69 Å². The van der Waals surface area contributed by atoms with Crippen LogP contribution in [0, 0.1) is 13.8 Å². The van der Waals surface area contributed by atoms with Gasteiger partial charge in [0.15, 0.2) is 0 Å². The van der Waals surface area contributed by atoms with Gasteiger partial charge in [0, 0.05) is 11.5 Å². The third-order valence-corrected chi connectivity index (χ3v) is 2.90. The second kappa shape index (κ2) is 8.12. The molecule has 2 aromatic carbocycles. The highest BCUT2D eigenvalue weighted by molar-refractivity contribution is 5.60. The molecule has 0 heterocycles. The molecule has 0 aliphatic heterocycles. The van der Waals surface area contributed by atoms with Crippen molar-refractivity contribution in [2.75, 3.05) is 0 Å². The Labute approximate surface area is 120 Å². The number of nitrogens with two attached hydrogens (primary N) is 1. The third kappa shape index (κ3) is 6.16. The van der Waals surface area contributed by atoms with Gasteiger partial charge in [-0.2, -0.15) is 0 Å². The fraction of sp³-hybridized carbons (Fsp3) is 0.235. The maximum atomic E-state index is 8.89. The number of rotatable bonds is 3. The molecule has 0 fully saturated rings. The summed E-state index contributed by atoms with van der Waals surface area (Å²) < 4.78 is 0. The molecule has 2 N–H and O–H groups in total. The maximum Gasteiger partial charge on any atom is 0.129 e. The van der Waals surface area contributed by atoms with Gasteiger partial charge in [0.05, 0.1) is 0 Å². The quantitative estimate of drug-likeness (QED) is 0.859.